The Bertz CT molecular complexity index is 974. The van der Waals surface area contributed by atoms with E-state index >= 15 is 0 Å². The van der Waals surface area contributed by atoms with Gasteiger partial charge in [-0.3, -0.25) is 4.79 Å². The maximum Gasteiger partial charge on any atom is 0.186 e. The second kappa shape index (κ2) is 7.81. The Morgan fingerprint density at radius 1 is 0.654 bits per heavy atom. The van der Waals surface area contributed by atoms with E-state index in [1.807, 2.05) is 66.7 Å². The molecule has 0 amide bonds. The van der Waals surface area contributed by atoms with Crippen LogP contribution in [0.5, 0.6) is 0 Å². The summed E-state index contributed by atoms with van der Waals surface area (Å²) in [5.41, 5.74) is 4.16. The van der Waals surface area contributed by atoms with Crippen molar-refractivity contribution in [1.82, 2.24) is 0 Å². The summed E-state index contributed by atoms with van der Waals surface area (Å²) in [5, 5.41) is 0. The van der Waals surface area contributed by atoms with Crippen LogP contribution in [-0.2, 0) is 0 Å². The van der Waals surface area contributed by atoms with Crippen molar-refractivity contribution in [2.75, 3.05) is 0 Å². The van der Waals surface area contributed by atoms with E-state index in [4.69, 9.17) is 0 Å². The molecule has 0 spiro atoms. The molecule has 0 aromatic heterocycles. The molecule has 0 saturated heterocycles. The van der Waals surface area contributed by atoms with Crippen LogP contribution in [-0.4, -0.2) is 5.78 Å². The molecule has 0 radical (unpaired) electrons. The molecule has 26 heavy (non-hydrogen) atoms. The lowest BCUT2D eigenvalue weighted by atomic mass is 10.0. The van der Waals surface area contributed by atoms with Crippen molar-refractivity contribution in [3.8, 4) is 0 Å². The van der Waals surface area contributed by atoms with Crippen molar-refractivity contribution in [3.63, 3.8) is 0 Å². The van der Waals surface area contributed by atoms with E-state index in [0.717, 1.165) is 16.0 Å². The van der Waals surface area contributed by atoms with Gasteiger partial charge in [0.15, 0.2) is 5.78 Å². The summed E-state index contributed by atoms with van der Waals surface area (Å²) in [7, 11) is 3.37. The van der Waals surface area contributed by atoms with Crippen LogP contribution in [0.3, 0.4) is 0 Å². The van der Waals surface area contributed by atoms with Crippen molar-refractivity contribution in [2.45, 2.75) is 0 Å². The molecule has 4 rings (SSSR count). The van der Waals surface area contributed by atoms with Gasteiger partial charge in [-0.1, -0.05) is 113 Å². The van der Waals surface area contributed by atoms with E-state index in [1.165, 1.54) is 10.5 Å². The zero-order valence-corrected chi connectivity index (χ0v) is 15.6. The lowest BCUT2D eigenvalue weighted by molar-refractivity contribution is 0.104. The average molecular weight is 373 g/mol. The lowest BCUT2D eigenvalue weighted by Gasteiger charge is -2.08. The van der Waals surface area contributed by atoms with Gasteiger partial charge in [0.1, 0.15) is 0 Å². The van der Waals surface area contributed by atoms with Crippen molar-refractivity contribution in [3.05, 3.63) is 119 Å². The monoisotopic (exact) mass is 372 g/mol. The van der Waals surface area contributed by atoms with E-state index in [9.17, 15) is 4.79 Å². The first-order valence-electron chi connectivity index (χ1n) is 8.34. The first-order valence-corrected chi connectivity index (χ1v) is 10.5. The number of benzene rings is 3. The van der Waals surface area contributed by atoms with Crippen LogP contribution in [0.25, 0.3) is 10.5 Å². The van der Waals surface area contributed by atoms with Crippen LogP contribution < -0.4 is 0 Å². The first-order chi connectivity index (χ1) is 12.8. The molecule has 3 aromatic rings. The molecule has 1 heterocycles. The Labute approximate surface area is 161 Å². The number of hydrogen-bond donors (Lipinski definition) is 0. The van der Waals surface area contributed by atoms with Crippen molar-refractivity contribution in [1.29, 1.82) is 0 Å². The number of carbonyl (C=O) groups is 1. The molecule has 0 fully saturated rings. The lowest BCUT2D eigenvalue weighted by Crippen LogP contribution is -1.96. The van der Waals surface area contributed by atoms with Gasteiger partial charge >= 0.3 is 0 Å². The van der Waals surface area contributed by atoms with Gasteiger partial charge in [-0.15, -0.1) is 0 Å². The number of carbonyl (C=O) groups excluding carboxylic acids is 1. The highest BCUT2D eigenvalue weighted by Crippen LogP contribution is 2.57. The van der Waals surface area contributed by atoms with Crippen LogP contribution in [0.2, 0.25) is 0 Å². The number of rotatable bonds is 4. The average Bonchev–Trinajstić information content (AvgIpc) is 3.13. The molecular weight excluding hydrogens is 356 g/mol. The van der Waals surface area contributed by atoms with E-state index in [1.54, 1.807) is 27.7 Å². The highest BCUT2D eigenvalue weighted by atomic mass is 33.1. The van der Waals surface area contributed by atoms with Crippen LogP contribution in [0.1, 0.15) is 21.5 Å². The van der Waals surface area contributed by atoms with Gasteiger partial charge in [-0.25, -0.2) is 0 Å². The molecule has 0 bridgehead atoms. The van der Waals surface area contributed by atoms with Gasteiger partial charge in [0, 0.05) is 27.0 Å². The predicted molar refractivity (Wildman–Crippen MR) is 114 cm³/mol. The second-order valence-corrected chi connectivity index (χ2v) is 8.02. The van der Waals surface area contributed by atoms with E-state index < -0.39 is 0 Å². The normalized spacial score (nSPS) is 15.5. The summed E-state index contributed by atoms with van der Waals surface area (Å²) in [5.74, 6) is 0.0384. The Hall–Kier alpha value is -2.49. The zero-order chi connectivity index (χ0) is 17.8. The summed E-state index contributed by atoms with van der Waals surface area (Å²) < 4.78 is 0. The SMILES string of the molecule is O=C(/C=C1\SSC(c2ccccc2)=C1c1ccccc1)c1ccccc1. The fourth-order valence-electron chi connectivity index (χ4n) is 2.84. The van der Waals surface area contributed by atoms with Crippen LogP contribution in [0.15, 0.2) is 102 Å². The smallest absolute Gasteiger partial charge is 0.186 e. The Balaban J connectivity index is 1.81. The largest absolute Gasteiger partial charge is 0.289 e. The Morgan fingerprint density at radius 2 is 1.19 bits per heavy atom. The number of hydrogen-bond acceptors (Lipinski definition) is 3. The summed E-state index contributed by atoms with van der Waals surface area (Å²) in [6.45, 7) is 0. The van der Waals surface area contributed by atoms with Crippen molar-refractivity contribution >= 4 is 37.8 Å². The topological polar surface area (TPSA) is 17.1 Å². The number of allylic oxidation sites excluding steroid dienone is 2. The van der Waals surface area contributed by atoms with Gasteiger partial charge in [-0.05, 0) is 11.1 Å². The van der Waals surface area contributed by atoms with Crippen LogP contribution in [0, 0.1) is 0 Å². The molecule has 0 N–H and O–H groups in total. The van der Waals surface area contributed by atoms with Crippen LogP contribution in [0.4, 0.5) is 0 Å². The minimum atomic E-state index is 0.0384. The molecule has 3 aromatic carbocycles. The molecule has 1 nitrogen and oxygen atoms in total. The zero-order valence-electron chi connectivity index (χ0n) is 14.0. The molecule has 0 unspecified atom stereocenters. The summed E-state index contributed by atoms with van der Waals surface area (Å²) in [6, 6.07) is 30.1. The highest BCUT2D eigenvalue weighted by molar-refractivity contribution is 8.82. The second-order valence-electron chi connectivity index (χ2n) is 5.84. The Morgan fingerprint density at radius 3 is 1.81 bits per heavy atom. The molecule has 3 heteroatoms. The fraction of sp³-hybridized carbons (Fsp3) is 0. The Kier molecular flexibility index (Phi) is 5.09. The fourth-order valence-corrected chi connectivity index (χ4v) is 5.53. The molecule has 0 saturated carbocycles. The van der Waals surface area contributed by atoms with Gasteiger partial charge in [-0.2, -0.15) is 0 Å². The minimum absolute atomic E-state index is 0.0384. The number of ketones is 1. The van der Waals surface area contributed by atoms with Gasteiger partial charge in [0.25, 0.3) is 0 Å². The standard InChI is InChI=1S/C23H16OS2/c24-20(17-10-4-1-5-11-17)16-21-22(18-12-6-2-7-13-18)23(26-25-21)19-14-8-3-9-15-19/h1-16H/b21-16-. The molecular formula is C23H16OS2. The summed E-state index contributed by atoms with van der Waals surface area (Å²) in [4.78, 5) is 14.9. The maximum atomic E-state index is 12.7. The molecule has 126 valence electrons. The van der Waals surface area contributed by atoms with Gasteiger partial charge < -0.3 is 0 Å². The van der Waals surface area contributed by atoms with Gasteiger partial charge in [0.2, 0.25) is 0 Å². The summed E-state index contributed by atoms with van der Waals surface area (Å²) in [6.07, 6.45) is 1.77. The predicted octanol–water partition coefficient (Wildman–Crippen LogP) is 6.72. The summed E-state index contributed by atoms with van der Waals surface area (Å²) >= 11 is 0. The molecule has 1 aliphatic heterocycles. The maximum absolute atomic E-state index is 12.7. The van der Waals surface area contributed by atoms with Gasteiger partial charge in [0.05, 0.1) is 0 Å². The minimum Gasteiger partial charge on any atom is -0.289 e. The molecule has 1 aliphatic rings. The third kappa shape index (κ3) is 3.55. The van der Waals surface area contributed by atoms with Crippen molar-refractivity contribution < 1.29 is 4.79 Å². The molecule has 0 atom stereocenters. The van der Waals surface area contributed by atoms with E-state index in [-0.39, 0.29) is 5.78 Å². The third-order valence-electron chi connectivity index (χ3n) is 4.11. The van der Waals surface area contributed by atoms with Crippen LogP contribution >= 0.6 is 21.6 Å². The third-order valence-corrected chi connectivity index (χ3v) is 6.59. The quantitative estimate of drug-likeness (QED) is 0.287. The van der Waals surface area contributed by atoms with E-state index in [0.29, 0.717) is 5.56 Å². The van der Waals surface area contributed by atoms with E-state index in [2.05, 4.69) is 24.3 Å². The highest BCUT2D eigenvalue weighted by Gasteiger charge is 2.25. The first kappa shape index (κ1) is 17.0. The molecule has 0 aliphatic carbocycles. The van der Waals surface area contributed by atoms with Crippen molar-refractivity contribution in [2.24, 2.45) is 0 Å².